The molecule has 0 spiro atoms. The van der Waals surface area contributed by atoms with Gasteiger partial charge in [-0.05, 0) is 47.9 Å². The van der Waals surface area contributed by atoms with E-state index in [4.69, 9.17) is 9.15 Å². The van der Waals surface area contributed by atoms with Gasteiger partial charge in [-0.2, -0.15) is 13.2 Å². The largest absolute Gasteiger partial charge is 0.497 e. The summed E-state index contributed by atoms with van der Waals surface area (Å²) in [5.74, 6) is 0.677. The van der Waals surface area contributed by atoms with Crippen LogP contribution in [0, 0.1) is 6.92 Å². The van der Waals surface area contributed by atoms with Crippen LogP contribution in [0.2, 0.25) is 0 Å². The average molecular weight is 334 g/mol. The van der Waals surface area contributed by atoms with Gasteiger partial charge in [0, 0.05) is 0 Å². The third-order valence-electron chi connectivity index (χ3n) is 3.82. The van der Waals surface area contributed by atoms with Gasteiger partial charge in [0.1, 0.15) is 23.2 Å². The summed E-state index contributed by atoms with van der Waals surface area (Å²) in [4.78, 5) is 12.1. The molecule has 0 aliphatic heterocycles. The Balaban J connectivity index is 2.21. The molecule has 3 aromatic rings. The zero-order valence-electron chi connectivity index (χ0n) is 12.9. The van der Waals surface area contributed by atoms with Gasteiger partial charge in [0.15, 0.2) is 0 Å². The van der Waals surface area contributed by atoms with E-state index in [1.165, 1.54) is 12.1 Å². The summed E-state index contributed by atoms with van der Waals surface area (Å²) < 4.78 is 48.7. The van der Waals surface area contributed by atoms with Gasteiger partial charge in [0.25, 0.3) is 0 Å². The maximum atomic E-state index is 12.9. The fourth-order valence-corrected chi connectivity index (χ4v) is 2.58. The van der Waals surface area contributed by atoms with Crippen molar-refractivity contribution in [1.82, 2.24) is 0 Å². The Bertz CT molecular complexity index is 971. The molecule has 1 aromatic heterocycles. The van der Waals surface area contributed by atoms with E-state index in [-0.39, 0.29) is 11.0 Å². The molecule has 2 aromatic carbocycles. The molecule has 0 aliphatic rings. The number of halogens is 3. The van der Waals surface area contributed by atoms with E-state index in [0.717, 1.165) is 11.1 Å². The SMILES string of the molecule is COc1ccc(-c2ccc3occ(C(F)(F)F)c(=O)c3c2)c(C)c1. The quantitative estimate of drug-likeness (QED) is 0.676. The van der Waals surface area contributed by atoms with Crippen molar-refractivity contribution in [1.29, 1.82) is 0 Å². The molecule has 6 heteroatoms. The summed E-state index contributed by atoms with van der Waals surface area (Å²) in [6.07, 6.45) is -4.29. The monoisotopic (exact) mass is 334 g/mol. The Morgan fingerprint density at radius 2 is 1.83 bits per heavy atom. The van der Waals surface area contributed by atoms with Crippen LogP contribution in [-0.4, -0.2) is 7.11 Å². The highest BCUT2D eigenvalue weighted by Crippen LogP contribution is 2.31. The van der Waals surface area contributed by atoms with E-state index < -0.39 is 17.2 Å². The van der Waals surface area contributed by atoms with Crippen molar-refractivity contribution in [2.45, 2.75) is 13.1 Å². The molecular formula is C18H13F3O3. The Morgan fingerprint density at radius 3 is 2.46 bits per heavy atom. The van der Waals surface area contributed by atoms with Crippen molar-refractivity contribution in [2.24, 2.45) is 0 Å². The number of alkyl halides is 3. The number of benzene rings is 2. The first-order chi connectivity index (χ1) is 11.3. The van der Waals surface area contributed by atoms with Gasteiger partial charge in [-0.1, -0.05) is 12.1 Å². The van der Waals surface area contributed by atoms with Crippen LogP contribution in [0.3, 0.4) is 0 Å². The number of hydrogen-bond donors (Lipinski definition) is 0. The molecule has 0 fully saturated rings. The number of hydrogen-bond acceptors (Lipinski definition) is 3. The standard InChI is InChI=1S/C18H13F3O3/c1-10-7-12(23-2)4-5-13(10)11-3-6-16-14(8-11)17(22)15(9-24-16)18(19,20)21/h3-9H,1-2H3. The summed E-state index contributed by atoms with van der Waals surface area (Å²) in [6, 6.07) is 9.98. The first-order valence-electron chi connectivity index (χ1n) is 7.09. The molecule has 0 N–H and O–H groups in total. The predicted octanol–water partition coefficient (Wildman–Crippen LogP) is 4.80. The number of methoxy groups -OCH3 is 1. The topological polar surface area (TPSA) is 39.4 Å². The smallest absolute Gasteiger partial charge is 0.423 e. The molecule has 3 nitrogen and oxygen atoms in total. The van der Waals surface area contributed by atoms with Crippen LogP contribution in [0.5, 0.6) is 5.75 Å². The first-order valence-corrected chi connectivity index (χ1v) is 7.09. The lowest BCUT2D eigenvalue weighted by molar-refractivity contribution is -0.139. The summed E-state index contributed by atoms with van der Waals surface area (Å²) in [5, 5.41) is -0.0995. The molecule has 0 amide bonds. The summed E-state index contributed by atoms with van der Waals surface area (Å²) in [6.45, 7) is 1.86. The number of ether oxygens (including phenoxy) is 1. The normalized spacial score (nSPS) is 11.7. The van der Waals surface area contributed by atoms with Crippen LogP contribution in [0.1, 0.15) is 11.1 Å². The Labute approximate surface area is 135 Å². The molecule has 0 atom stereocenters. The fourth-order valence-electron chi connectivity index (χ4n) is 2.58. The number of fused-ring (bicyclic) bond motifs is 1. The van der Waals surface area contributed by atoms with Crippen LogP contribution in [0.4, 0.5) is 13.2 Å². The van der Waals surface area contributed by atoms with Crippen molar-refractivity contribution in [3.8, 4) is 16.9 Å². The minimum Gasteiger partial charge on any atom is -0.497 e. The third-order valence-corrected chi connectivity index (χ3v) is 3.82. The lowest BCUT2D eigenvalue weighted by Crippen LogP contribution is -2.18. The van der Waals surface area contributed by atoms with Gasteiger partial charge >= 0.3 is 6.18 Å². The van der Waals surface area contributed by atoms with Gasteiger partial charge in [-0.15, -0.1) is 0 Å². The van der Waals surface area contributed by atoms with Crippen molar-refractivity contribution in [2.75, 3.05) is 7.11 Å². The van der Waals surface area contributed by atoms with Crippen LogP contribution in [0.25, 0.3) is 22.1 Å². The minimum absolute atomic E-state index is 0.0995. The molecule has 1 heterocycles. The van der Waals surface area contributed by atoms with Crippen LogP contribution < -0.4 is 10.2 Å². The second kappa shape index (κ2) is 5.70. The van der Waals surface area contributed by atoms with E-state index in [1.807, 2.05) is 13.0 Å². The highest BCUT2D eigenvalue weighted by atomic mass is 19.4. The molecule has 0 saturated carbocycles. The molecule has 0 saturated heterocycles. The minimum atomic E-state index is -4.75. The summed E-state index contributed by atoms with van der Waals surface area (Å²) in [5.41, 5.74) is 0.0344. The van der Waals surface area contributed by atoms with Gasteiger partial charge in [0.05, 0.1) is 12.5 Å². The molecule has 0 bridgehead atoms. The Kier molecular flexibility index (Phi) is 3.83. The highest BCUT2D eigenvalue weighted by Gasteiger charge is 2.35. The van der Waals surface area contributed by atoms with Gasteiger partial charge < -0.3 is 9.15 Å². The van der Waals surface area contributed by atoms with Crippen molar-refractivity contribution >= 4 is 11.0 Å². The molecular weight excluding hydrogens is 321 g/mol. The zero-order chi connectivity index (χ0) is 17.5. The summed E-state index contributed by atoms with van der Waals surface area (Å²) >= 11 is 0. The molecule has 3 rings (SSSR count). The van der Waals surface area contributed by atoms with Crippen molar-refractivity contribution in [3.05, 3.63) is 64.0 Å². The zero-order valence-corrected chi connectivity index (χ0v) is 12.9. The van der Waals surface area contributed by atoms with Crippen LogP contribution >= 0.6 is 0 Å². The van der Waals surface area contributed by atoms with Crippen molar-refractivity contribution < 1.29 is 22.3 Å². The van der Waals surface area contributed by atoms with Crippen LogP contribution in [0.15, 0.2) is 51.9 Å². The third kappa shape index (κ3) is 2.75. The average Bonchev–Trinajstić information content (AvgIpc) is 2.53. The number of rotatable bonds is 2. The lowest BCUT2D eigenvalue weighted by Gasteiger charge is -2.10. The maximum absolute atomic E-state index is 12.9. The van der Waals surface area contributed by atoms with E-state index >= 15 is 0 Å². The second-order valence-electron chi connectivity index (χ2n) is 5.37. The first kappa shape index (κ1) is 16.1. The maximum Gasteiger partial charge on any atom is 0.423 e. The lowest BCUT2D eigenvalue weighted by atomic mass is 9.98. The highest BCUT2D eigenvalue weighted by molar-refractivity contribution is 5.84. The molecule has 0 radical (unpaired) electrons. The van der Waals surface area contributed by atoms with Gasteiger partial charge in [0.2, 0.25) is 5.43 Å². The predicted molar refractivity (Wildman–Crippen MR) is 84.2 cm³/mol. The molecule has 124 valence electrons. The molecule has 0 aliphatic carbocycles. The van der Waals surface area contributed by atoms with E-state index in [2.05, 4.69) is 0 Å². The Morgan fingerprint density at radius 1 is 1.08 bits per heavy atom. The summed E-state index contributed by atoms with van der Waals surface area (Å²) in [7, 11) is 1.55. The molecule has 24 heavy (non-hydrogen) atoms. The van der Waals surface area contributed by atoms with E-state index in [9.17, 15) is 18.0 Å². The number of aryl methyl sites for hydroxylation is 1. The second-order valence-corrected chi connectivity index (χ2v) is 5.37. The Hall–Kier alpha value is -2.76. The van der Waals surface area contributed by atoms with E-state index in [1.54, 1.807) is 25.3 Å². The van der Waals surface area contributed by atoms with Crippen LogP contribution in [-0.2, 0) is 6.18 Å². The van der Waals surface area contributed by atoms with E-state index in [0.29, 0.717) is 17.6 Å². The van der Waals surface area contributed by atoms with Gasteiger partial charge in [-0.25, -0.2) is 0 Å². The fraction of sp³-hybridized carbons (Fsp3) is 0.167. The van der Waals surface area contributed by atoms with Gasteiger partial charge in [-0.3, -0.25) is 4.79 Å². The molecule has 0 unspecified atom stereocenters. The van der Waals surface area contributed by atoms with Crippen molar-refractivity contribution in [3.63, 3.8) is 0 Å².